The Kier molecular flexibility index (Phi) is 4.16. The summed E-state index contributed by atoms with van der Waals surface area (Å²) in [5.41, 5.74) is 11.5. The molecule has 40 heavy (non-hydrogen) atoms. The Morgan fingerprint density at radius 1 is 0.450 bits per heavy atom. The van der Waals surface area contributed by atoms with Crippen LogP contribution in [0.15, 0.2) is 140 Å². The Hall–Kier alpha value is -5.21. The summed E-state index contributed by atoms with van der Waals surface area (Å²) in [7, 11) is 0. The first kappa shape index (κ1) is 21.7. The topological polar surface area (TPSA) is 22.0 Å². The van der Waals surface area contributed by atoms with Crippen LogP contribution in [0.4, 0.5) is 0 Å². The summed E-state index contributed by atoms with van der Waals surface area (Å²) in [5.74, 6) is 0.0987. The second-order valence-electron chi connectivity index (χ2n) is 10.8. The Morgan fingerprint density at radius 2 is 1.00 bits per heavy atom. The molecule has 1 spiro atoms. The maximum atomic E-state index is 13.9. The van der Waals surface area contributed by atoms with Crippen LogP contribution < -0.4 is 0 Å². The molecule has 0 amide bonds. The lowest BCUT2D eigenvalue weighted by Crippen LogP contribution is -2.36. The van der Waals surface area contributed by atoms with Crippen molar-refractivity contribution in [3.8, 4) is 16.8 Å². The van der Waals surface area contributed by atoms with Crippen LogP contribution in [0.2, 0.25) is 0 Å². The van der Waals surface area contributed by atoms with Crippen molar-refractivity contribution in [1.82, 2.24) is 4.57 Å². The van der Waals surface area contributed by atoms with Crippen molar-refractivity contribution >= 4 is 27.6 Å². The Bertz CT molecular complexity index is 2130. The van der Waals surface area contributed by atoms with Crippen molar-refractivity contribution in [2.45, 2.75) is 5.41 Å². The number of ketones is 1. The van der Waals surface area contributed by atoms with Crippen LogP contribution >= 0.6 is 0 Å². The molecule has 186 valence electrons. The molecule has 0 N–H and O–H groups in total. The van der Waals surface area contributed by atoms with Crippen LogP contribution in [-0.4, -0.2) is 10.4 Å². The average Bonchev–Trinajstić information content (AvgIpc) is 3.51. The minimum Gasteiger partial charge on any atom is -0.309 e. The normalized spacial score (nSPS) is 14.2. The van der Waals surface area contributed by atoms with E-state index in [1.807, 2.05) is 24.3 Å². The fourth-order valence-electron chi connectivity index (χ4n) is 7.58. The molecule has 9 rings (SSSR count). The zero-order chi connectivity index (χ0) is 26.4. The van der Waals surface area contributed by atoms with E-state index in [0.717, 1.165) is 27.9 Å². The van der Waals surface area contributed by atoms with Crippen LogP contribution in [0.3, 0.4) is 0 Å². The van der Waals surface area contributed by atoms with Crippen molar-refractivity contribution in [3.05, 3.63) is 173 Å². The van der Waals surface area contributed by atoms with E-state index < -0.39 is 5.41 Å². The molecule has 0 aliphatic heterocycles. The van der Waals surface area contributed by atoms with Crippen LogP contribution in [0.5, 0.6) is 0 Å². The number of hydrogen-bond donors (Lipinski definition) is 0. The minimum atomic E-state index is -0.613. The zero-order valence-electron chi connectivity index (χ0n) is 21.6. The van der Waals surface area contributed by atoms with Gasteiger partial charge in [0, 0.05) is 27.6 Å². The quantitative estimate of drug-likeness (QED) is 0.217. The van der Waals surface area contributed by atoms with Crippen molar-refractivity contribution in [3.63, 3.8) is 0 Å². The fraction of sp³-hybridized carbons (Fsp3) is 0.0263. The maximum Gasteiger partial charge on any atom is 0.193 e. The van der Waals surface area contributed by atoms with Crippen LogP contribution in [0.1, 0.15) is 38.2 Å². The van der Waals surface area contributed by atoms with E-state index in [4.69, 9.17) is 0 Å². The van der Waals surface area contributed by atoms with E-state index in [9.17, 15) is 4.79 Å². The molecule has 0 radical (unpaired) electrons. The molecule has 6 aromatic carbocycles. The van der Waals surface area contributed by atoms with Gasteiger partial charge in [-0.1, -0.05) is 115 Å². The van der Waals surface area contributed by atoms with Gasteiger partial charge in [0.05, 0.1) is 16.4 Å². The van der Waals surface area contributed by atoms with Gasteiger partial charge in [-0.15, -0.1) is 0 Å². The molecule has 0 atom stereocenters. The highest BCUT2D eigenvalue weighted by Crippen LogP contribution is 2.61. The van der Waals surface area contributed by atoms with Gasteiger partial charge in [-0.25, -0.2) is 0 Å². The smallest absolute Gasteiger partial charge is 0.193 e. The standard InChI is InChI=1S/C38H23NO/c40-37-27-15-5-9-19-31(27)38(32-20-10-6-16-28(32)37)30-18-8-4-14-25(30)26-22-23-34-35(36(26)38)29-17-7-11-21-33(29)39(34)24-12-2-1-3-13-24/h1-23H. The van der Waals surface area contributed by atoms with E-state index >= 15 is 0 Å². The number of benzene rings is 6. The largest absolute Gasteiger partial charge is 0.309 e. The summed E-state index contributed by atoms with van der Waals surface area (Å²) in [4.78, 5) is 13.9. The summed E-state index contributed by atoms with van der Waals surface area (Å²) in [6.07, 6.45) is 0. The highest BCUT2D eigenvalue weighted by Gasteiger charge is 2.52. The first-order valence-corrected chi connectivity index (χ1v) is 13.8. The predicted octanol–water partition coefficient (Wildman–Crippen LogP) is 8.69. The van der Waals surface area contributed by atoms with Crippen LogP contribution in [0, 0.1) is 0 Å². The first-order valence-electron chi connectivity index (χ1n) is 13.8. The molecule has 2 aliphatic rings. The number of para-hydroxylation sites is 2. The first-order chi connectivity index (χ1) is 19.8. The van der Waals surface area contributed by atoms with Gasteiger partial charge in [-0.3, -0.25) is 4.79 Å². The maximum absolute atomic E-state index is 13.9. The fourth-order valence-corrected chi connectivity index (χ4v) is 7.58. The third kappa shape index (κ3) is 2.47. The number of fused-ring (bicyclic) bond motifs is 13. The lowest BCUT2D eigenvalue weighted by molar-refractivity contribution is 0.103. The van der Waals surface area contributed by atoms with Crippen LogP contribution in [-0.2, 0) is 5.41 Å². The molecule has 0 saturated heterocycles. The van der Waals surface area contributed by atoms with Gasteiger partial charge in [0.2, 0.25) is 0 Å². The third-order valence-electron chi connectivity index (χ3n) is 9.00. The van der Waals surface area contributed by atoms with Gasteiger partial charge in [-0.05, 0) is 57.6 Å². The van der Waals surface area contributed by atoms with Crippen molar-refractivity contribution in [2.75, 3.05) is 0 Å². The molecular formula is C38H23NO. The van der Waals surface area contributed by atoms with E-state index in [0.29, 0.717) is 0 Å². The molecule has 0 saturated carbocycles. The van der Waals surface area contributed by atoms with E-state index in [-0.39, 0.29) is 5.78 Å². The van der Waals surface area contributed by atoms with Gasteiger partial charge in [-0.2, -0.15) is 0 Å². The molecule has 1 heterocycles. The SMILES string of the molecule is O=C1c2ccccc2C2(c3ccccc31)c1ccccc1-c1ccc3c(c12)c1ccccc1n3-c1ccccc1. The van der Waals surface area contributed by atoms with Gasteiger partial charge in [0.1, 0.15) is 0 Å². The van der Waals surface area contributed by atoms with Gasteiger partial charge >= 0.3 is 0 Å². The van der Waals surface area contributed by atoms with E-state index in [1.54, 1.807) is 0 Å². The summed E-state index contributed by atoms with van der Waals surface area (Å²) >= 11 is 0. The Labute approximate surface area is 231 Å². The molecule has 2 heteroatoms. The van der Waals surface area contributed by atoms with Crippen LogP contribution in [0.25, 0.3) is 38.6 Å². The lowest BCUT2D eigenvalue weighted by Gasteiger charge is -2.39. The molecule has 0 fully saturated rings. The summed E-state index contributed by atoms with van der Waals surface area (Å²) < 4.78 is 2.38. The number of nitrogens with zero attached hydrogens (tertiary/aromatic N) is 1. The van der Waals surface area contributed by atoms with E-state index in [2.05, 4.69) is 120 Å². The van der Waals surface area contributed by atoms with Crippen molar-refractivity contribution in [1.29, 1.82) is 0 Å². The summed E-state index contributed by atoms with van der Waals surface area (Å²) in [6.45, 7) is 0. The van der Waals surface area contributed by atoms with E-state index in [1.165, 1.54) is 44.1 Å². The number of hydrogen-bond acceptors (Lipinski definition) is 1. The third-order valence-corrected chi connectivity index (χ3v) is 9.00. The number of aromatic nitrogens is 1. The highest BCUT2D eigenvalue weighted by atomic mass is 16.1. The Morgan fingerprint density at radius 3 is 1.70 bits per heavy atom. The minimum absolute atomic E-state index is 0.0987. The Balaban J connectivity index is 1.56. The molecule has 0 bridgehead atoms. The van der Waals surface area contributed by atoms with Gasteiger partial charge in [0.15, 0.2) is 5.78 Å². The van der Waals surface area contributed by atoms with Crippen molar-refractivity contribution in [2.24, 2.45) is 0 Å². The lowest BCUT2D eigenvalue weighted by atomic mass is 9.61. The molecular weight excluding hydrogens is 486 g/mol. The molecule has 2 aliphatic carbocycles. The number of carbonyl (C=O) groups excluding carboxylic acids is 1. The second kappa shape index (κ2) is 7.68. The summed E-state index contributed by atoms with van der Waals surface area (Å²) in [6, 6.07) is 49.2. The second-order valence-corrected chi connectivity index (χ2v) is 10.8. The number of rotatable bonds is 1. The summed E-state index contributed by atoms with van der Waals surface area (Å²) in [5, 5.41) is 2.46. The van der Waals surface area contributed by atoms with Gasteiger partial charge < -0.3 is 4.57 Å². The average molecular weight is 510 g/mol. The number of carbonyl (C=O) groups is 1. The molecule has 7 aromatic rings. The highest BCUT2D eigenvalue weighted by molar-refractivity contribution is 6.19. The monoisotopic (exact) mass is 509 g/mol. The molecule has 2 nitrogen and oxygen atoms in total. The molecule has 1 aromatic heterocycles. The van der Waals surface area contributed by atoms with Crippen molar-refractivity contribution < 1.29 is 4.79 Å². The molecule has 0 unspecified atom stereocenters. The van der Waals surface area contributed by atoms with Gasteiger partial charge in [0.25, 0.3) is 0 Å². The zero-order valence-corrected chi connectivity index (χ0v) is 21.6. The predicted molar refractivity (Wildman–Crippen MR) is 162 cm³/mol.